The summed E-state index contributed by atoms with van der Waals surface area (Å²) in [5.74, 6) is 0. The standard InChI is InChI=1S/C14H11N3O3/c18-13-16-12-11(7-4-8-15-12)17(13)14(19)20-9-10-5-2-1-3-6-10/h1-8H,9H2,(H,15,16,18). The number of imidazole rings is 1. The maximum absolute atomic E-state index is 12.0. The van der Waals surface area contributed by atoms with Crippen LogP contribution in [0.25, 0.3) is 11.2 Å². The molecule has 0 bridgehead atoms. The third kappa shape index (κ3) is 2.18. The van der Waals surface area contributed by atoms with E-state index < -0.39 is 11.8 Å². The first kappa shape index (κ1) is 12.2. The number of benzene rings is 1. The Bertz CT molecular complexity index is 805. The first-order valence-corrected chi connectivity index (χ1v) is 6.02. The molecule has 0 unspecified atom stereocenters. The summed E-state index contributed by atoms with van der Waals surface area (Å²) >= 11 is 0. The third-order valence-corrected chi connectivity index (χ3v) is 2.84. The second-order valence-electron chi connectivity index (χ2n) is 4.18. The molecule has 0 aliphatic rings. The lowest BCUT2D eigenvalue weighted by molar-refractivity contribution is 0.141. The molecule has 0 saturated heterocycles. The van der Waals surface area contributed by atoms with Crippen molar-refractivity contribution in [1.29, 1.82) is 0 Å². The van der Waals surface area contributed by atoms with Gasteiger partial charge in [-0.1, -0.05) is 30.3 Å². The van der Waals surface area contributed by atoms with Crippen LogP contribution in [-0.4, -0.2) is 20.6 Å². The van der Waals surface area contributed by atoms with Crippen molar-refractivity contribution < 1.29 is 9.53 Å². The van der Waals surface area contributed by atoms with Gasteiger partial charge in [0.25, 0.3) is 0 Å². The minimum atomic E-state index is -0.724. The van der Waals surface area contributed by atoms with Gasteiger partial charge in [-0.3, -0.25) is 4.98 Å². The fraction of sp³-hybridized carbons (Fsp3) is 0.0714. The number of ether oxygens (including phenoxy) is 1. The Morgan fingerprint density at radius 1 is 1.20 bits per heavy atom. The minimum Gasteiger partial charge on any atom is -0.444 e. The number of H-pyrrole nitrogens is 1. The highest BCUT2D eigenvalue weighted by Crippen LogP contribution is 2.07. The van der Waals surface area contributed by atoms with E-state index in [-0.39, 0.29) is 6.61 Å². The predicted octanol–water partition coefficient (Wildman–Crippen LogP) is 1.91. The van der Waals surface area contributed by atoms with Crippen molar-refractivity contribution in [2.75, 3.05) is 0 Å². The van der Waals surface area contributed by atoms with E-state index in [0.29, 0.717) is 11.2 Å². The molecule has 0 aliphatic carbocycles. The van der Waals surface area contributed by atoms with Gasteiger partial charge in [0.05, 0.1) is 5.52 Å². The Kier molecular flexibility index (Phi) is 3.04. The van der Waals surface area contributed by atoms with Gasteiger partial charge in [-0.25, -0.2) is 14.6 Å². The van der Waals surface area contributed by atoms with E-state index in [4.69, 9.17) is 4.74 Å². The molecule has 3 aromatic rings. The average Bonchev–Trinajstić information content (AvgIpc) is 2.82. The monoisotopic (exact) mass is 269 g/mol. The summed E-state index contributed by atoms with van der Waals surface area (Å²) in [5.41, 5.74) is 1.05. The zero-order valence-corrected chi connectivity index (χ0v) is 10.4. The number of hydrogen-bond acceptors (Lipinski definition) is 4. The van der Waals surface area contributed by atoms with Gasteiger partial charge in [0.2, 0.25) is 0 Å². The lowest BCUT2D eigenvalue weighted by Crippen LogP contribution is -2.25. The normalized spacial score (nSPS) is 10.6. The summed E-state index contributed by atoms with van der Waals surface area (Å²) in [6.45, 7) is 0.110. The van der Waals surface area contributed by atoms with Crippen LogP contribution in [-0.2, 0) is 11.3 Å². The van der Waals surface area contributed by atoms with E-state index in [1.807, 2.05) is 30.3 Å². The van der Waals surface area contributed by atoms with E-state index >= 15 is 0 Å². The lowest BCUT2D eigenvalue weighted by Gasteiger charge is -2.04. The van der Waals surface area contributed by atoms with Crippen LogP contribution in [0.2, 0.25) is 0 Å². The van der Waals surface area contributed by atoms with Gasteiger partial charge in [-0.05, 0) is 17.7 Å². The Labute approximate surface area is 113 Å². The maximum atomic E-state index is 12.0. The molecule has 2 heterocycles. The van der Waals surface area contributed by atoms with Crippen LogP contribution in [0, 0.1) is 0 Å². The number of hydrogen-bond donors (Lipinski definition) is 1. The lowest BCUT2D eigenvalue weighted by atomic mass is 10.2. The summed E-state index contributed by atoms with van der Waals surface area (Å²) in [6, 6.07) is 12.5. The second-order valence-corrected chi connectivity index (χ2v) is 4.18. The fourth-order valence-electron chi connectivity index (χ4n) is 1.91. The summed E-state index contributed by atoms with van der Waals surface area (Å²) in [4.78, 5) is 30.2. The van der Waals surface area contributed by atoms with Crippen molar-refractivity contribution >= 4 is 17.3 Å². The molecule has 100 valence electrons. The van der Waals surface area contributed by atoms with Crippen LogP contribution in [0.4, 0.5) is 4.79 Å². The third-order valence-electron chi connectivity index (χ3n) is 2.84. The van der Waals surface area contributed by atoms with E-state index in [1.165, 1.54) is 6.20 Å². The van der Waals surface area contributed by atoms with Gasteiger partial charge in [-0.2, -0.15) is 4.57 Å². The van der Waals surface area contributed by atoms with Gasteiger partial charge in [-0.15, -0.1) is 0 Å². The number of carbonyl (C=O) groups excluding carboxylic acids is 1. The van der Waals surface area contributed by atoms with Gasteiger partial charge in [0.15, 0.2) is 5.65 Å². The Balaban J connectivity index is 1.86. The molecule has 2 aromatic heterocycles. The number of nitrogens with one attached hydrogen (secondary N) is 1. The summed E-state index contributed by atoms with van der Waals surface area (Å²) in [7, 11) is 0. The molecule has 6 heteroatoms. The molecule has 6 nitrogen and oxygen atoms in total. The number of rotatable bonds is 2. The van der Waals surface area contributed by atoms with E-state index in [2.05, 4.69) is 9.97 Å². The number of pyridine rings is 1. The highest BCUT2D eigenvalue weighted by molar-refractivity contribution is 5.84. The molecule has 1 aromatic carbocycles. The van der Waals surface area contributed by atoms with E-state index in [0.717, 1.165) is 10.1 Å². The molecule has 0 radical (unpaired) electrons. The van der Waals surface area contributed by atoms with Crippen LogP contribution < -0.4 is 5.69 Å². The Morgan fingerprint density at radius 3 is 2.80 bits per heavy atom. The van der Waals surface area contributed by atoms with Gasteiger partial charge in [0.1, 0.15) is 6.61 Å². The van der Waals surface area contributed by atoms with Gasteiger partial charge in [0, 0.05) is 6.20 Å². The molecule has 0 aliphatic heterocycles. The number of aromatic nitrogens is 3. The fourth-order valence-corrected chi connectivity index (χ4v) is 1.91. The Hall–Kier alpha value is -2.89. The molecule has 20 heavy (non-hydrogen) atoms. The van der Waals surface area contributed by atoms with Crippen LogP contribution in [0.3, 0.4) is 0 Å². The zero-order chi connectivity index (χ0) is 13.9. The van der Waals surface area contributed by atoms with Crippen LogP contribution >= 0.6 is 0 Å². The molecule has 0 spiro atoms. The first-order chi connectivity index (χ1) is 9.75. The number of nitrogens with zero attached hydrogens (tertiary/aromatic N) is 2. The van der Waals surface area contributed by atoms with Crippen molar-refractivity contribution in [3.63, 3.8) is 0 Å². The first-order valence-electron chi connectivity index (χ1n) is 6.02. The van der Waals surface area contributed by atoms with E-state index in [1.54, 1.807) is 12.1 Å². The van der Waals surface area contributed by atoms with Crippen LogP contribution in [0.15, 0.2) is 53.5 Å². The summed E-state index contributed by atoms with van der Waals surface area (Å²) in [6.07, 6.45) is 0.816. The average molecular weight is 269 g/mol. The molecular formula is C14H11N3O3. The van der Waals surface area contributed by atoms with Crippen molar-refractivity contribution in [3.05, 3.63) is 64.7 Å². The van der Waals surface area contributed by atoms with Crippen LogP contribution in [0.1, 0.15) is 5.56 Å². The second kappa shape index (κ2) is 5.00. The predicted molar refractivity (Wildman–Crippen MR) is 72.4 cm³/mol. The van der Waals surface area contributed by atoms with Crippen molar-refractivity contribution in [2.24, 2.45) is 0 Å². The maximum Gasteiger partial charge on any atom is 0.423 e. The largest absolute Gasteiger partial charge is 0.444 e. The number of aromatic amines is 1. The highest BCUT2D eigenvalue weighted by Gasteiger charge is 2.15. The SMILES string of the molecule is O=C(OCc1ccccc1)n1c(=O)[nH]c2ncccc21. The molecule has 0 saturated carbocycles. The highest BCUT2D eigenvalue weighted by atomic mass is 16.5. The topological polar surface area (TPSA) is 77.0 Å². The van der Waals surface area contributed by atoms with Crippen molar-refractivity contribution in [1.82, 2.24) is 14.5 Å². The smallest absolute Gasteiger partial charge is 0.423 e. The molecular weight excluding hydrogens is 258 g/mol. The van der Waals surface area contributed by atoms with Gasteiger partial charge >= 0.3 is 11.8 Å². The van der Waals surface area contributed by atoms with Crippen LogP contribution in [0.5, 0.6) is 0 Å². The zero-order valence-electron chi connectivity index (χ0n) is 10.4. The molecule has 3 rings (SSSR count). The molecule has 1 N–H and O–H groups in total. The summed E-state index contributed by atoms with van der Waals surface area (Å²) in [5, 5.41) is 0. The quantitative estimate of drug-likeness (QED) is 0.771. The molecule has 0 amide bonds. The number of carbonyl (C=O) groups is 1. The van der Waals surface area contributed by atoms with Crippen molar-refractivity contribution in [3.8, 4) is 0 Å². The number of fused-ring (bicyclic) bond motifs is 1. The Morgan fingerprint density at radius 2 is 2.00 bits per heavy atom. The molecule has 0 atom stereocenters. The summed E-state index contributed by atoms with van der Waals surface area (Å²) < 4.78 is 6.07. The minimum absolute atomic E-state index is 0.110. The van der Waals surface area contributed by atoms with E-state index in [9.17, 15) is 9.59 Å². The molecule has 0 fully saturated rings. The van der Waals surface area contributed by atoms with Crippen molar-refractivity contribution in [2.45, 2.75) is 6.61 Å². The van der Waals surface area contributed by atoms with Gasteiger partial charge < -0.3 is 4.74 Å².